The monoisotopic (exact) mass is 353 g/mol. The van der Waals surface area contributed by atoms with Gasteiger partial charge in [-0.1, -0.05) is 80.7 Å². The van der Waals surface area contributed by atoms with E-state index in [0.717, 1.165) is 13.2 Å². The first kappa shape index (κ1) is 43.5. The first-order valence-corrected chi connectivity index (χ1v) is 8.95. The van der Waals surface area contributed by atoms with Gasteiger partial charge in [0.15, 0.2) is 0 Å². The second-order valence-electron chi connectivity index (χ2n) is 3.78. The lowest BCUT2D eigenvalue weighted by molar-refractivity contribution is -0.122. The van der Waals surface area contributed by atoms with Crippen LogP contribution in [0.2, 0.25) is 0 Å². The Bertz CT molecular complexity index is 137. The molecular weight excluding hydrogens is 302 g/mol. The van der Waals surface area contributed by atoms with Gasteiger partial charge in [0.1, 0.15) is 0 Å². The van der Waals surface area contributed by atoms with Crippen LogP contribution in [0.4, 0.5) is 0 Å². The second-order valence-corrected chi connectivity index (χ2v) is 3.78. The predicted molar refractivity (Wildman–Crippen MR) is 114 cm³/mol. The second kappa shape index (κ2) is 79.8. The molecule has 154 valence electrons. The van der Waals surface area contributed by atoms with Crippen molar-refractivity contribution in [1.29, 1.82) is 0 Å². The zero-order chi connectivity index (χ0) is 19.9. The Morgan fingerprint density at radius 1 is 1.00 bits per heavy atom. The van der Waals surface area contributed by atoms with Gasteiger partial charge in [0.05, 0.1) is 0 Å². The molecular formula is C20H51NO3. The van der Waals surface area contributed by atoms with E-state index in [1.165, 1.54) is 38.5 Å². The van der Waals surface area contributed by atoms with E-state index in [1.807, 2.05) is 34.6 Å². The SMILES string of the molecule is C.C=CC.CC.CC.CCCCCC(CCC)NC.CO.O=CO. The molecule has 0 aliphatic heterocycles. The predicted octanol–water partition coefficient (Wildman–Crippen LogP) is 6.14. The van der Waals surface area contributed by atoms with Crippen LogP contribution in [0.15, 0.2) is 12.7 Å². The summed E-state index contributed by atoms with van der Waals surface area (Å²) in [4.78, 5) is 8.36. The zero-order valence-corrected chi connectivity index (χ0v) is 17.5. The molecule has 0 radical (unpaired) electrons. The van der Waals surface area contributed by atoms with Gasteiger partial charge in [-0.15, -0.1) is 6.58 Å². The normalized spacial score (nSPS) is 7.92. The highest BCUT2D eigenvalue weighted by molar-refractivity contribution is 5.32. The summed E-state index contributed by atoms with van der Waals surface area (Å²) in [6, 6.07) is 0.770. The highest BCUT2D eigenvalue weighted by Gasteiger charge is 2.02. The molecule has 0 saturated heterocycles. The van der Waals surface area contributed by atoms with E-state index in [4.69, 9.17) is 15.0 Å². The van der Waals surface area contributed by atoms with Crippen molar-refractivity contribution in [1.82, 2.24) is 5.32 Å². The van der Waals surface area contributed by atoms with Crippen LogP contribution in [0.25, 0.3) is 0 Å². The summed E-state index contributed by atoms with van der Waals surface area (Å²) in [6.45, 7) is 17.5. The summed E-state index contributed by atoms with van der Waals surface area (Å²) >= 11 is 0. The average molecular weight is 354 g/mol. The molecule has 3 N–H and O–H groups in total. The number of hydrogen-bond acceptors (Lipinski definition) is 3. The molecule has 0 spiro atoms. The van der Waals surface area contributed by atoms with Crippen LogP contribution < -0.4 is 5.32 Å². The summed E-state index contributed by atoms with van der Waals surface area (Å²) in [6.07, 6.45) is 9.86. The Balaban J connectivity index is -0.0000000373. The molecule has 4 heteroatoms. The van der Waals surface area contributed by atoms with Crippen molar-refractivity contribution >= 4 is 6.47 Å². The maximum atomic E-state index is 8.36. The molecule has 24 heavy (non-hydrogen) atoms. The van der Waals surface area contributed by atoms with Crippen molar-refractivity contribution in [3.8, 4) is 0 Å². The molecule has 0 aromatic heterocycles. The Labute approximate surface area is 154 Å². The first-order chi connectivity index (χ1) is 11.2. The van der Waals surface area contributed by atoms with Crippen molar-refractivity contribution in [3.63, 3.8) is 0 Å². The van der Waals surface area contributed by atoms with E-state index in [0.29, 0.717) is 0 Å². The van der Waals surface area contributed by atoms with Gasteiger partial charge in [-0.05, 0) is 26.8 Å². The summed E-state index contributed by atoms with van der Waals surface area (Å²) in [5.41, 5.74) is 0. The van der Waals surface area contributed by atoms with E-state index >= 15 is 0 Å². The molecule has 0 aliphatic rings. The molecule has 0 fully saturated rings. The summed E-state index contributed by atoms with van der Waals surface area (Å²) < 4.78 is 0. The third kappa shape index (κ3) is 103. The molecule has 0 amide bonds. The van der Waals surface area contributed by atoms with Crippen LogP contribution in [0.3, 0.4) is 0 Å². The Morgan fingerprint density at radius 2 is 1.33 bits per heavy atom. The maximum absolute atomic E-state index is 8.36. The third-order valence-electron chi connectivity index (χ3n) is 2.20. The highest BCUT2D eigenvalue weighted by atomic mass is 16.3. The number of aliphatic hydroxyl groups excluding tert-OH is 1. The van der Waals surface area contributed by atoms with Gasteiger partial charge in [0.2, 0.25) is 0 Å². The molecule has 1 unspecified atom stereocenters. The van der Waals surface area contributed by atoms with Crippen LogP contribution in [-0.4, -0.2) is 36.9 Å². The minimum atomic E-state index is -0.250. The van der Waals surface area contributed by atoms with E-state index in [-0.39, 0.29) is 13.9 Å². The maximum Gasteiger partial charge on any atom is 0.290 e. The number of nitrogens with one attached hydrogen (secondary N) is 1. The van der Waals surface area contributed by atoms with Gasteiger partial charge in [0, 0.05) is 13.2 Å². The number of hydrogen-bond donors (Lipinski definition) is 3. The smallest absolute Gasteiger partial charge is 0.290 e. The lowest BCUT2D eigenvalue weighted by Crippen LogP contribution is -2.24. The number of unbranched alkanes of at least 4 members (excludes halogenated alkanes) is 2. The summed E-state index contributed by atoms with van der Waals surface area (Å²) in [7, 11) is 3.08. The van der Waals surface area contributed by atoms with Crippen LogP contribution in [-0.2, 0) is 4.79 Å². The molecule has 0 rings (SSSR count). The van der Waals surface area contributed by atoms with E-state index in [1.54, 1.807) is 6.08 Å². The van der Waals surface area contributed by atoms with Gasteiger partial charge in [-0.3, -0.25) is 4.79 Å². The van der Waals surface area contributed by atoms with Crippen molar-refractivity contribution in [2.45, 2.75) is 100 Å². The number of carbonyl (C=O) groups is 1. The van der Waals surface area contributed by atoms with Crippen molar-refractivity contribution in [2.75, 3.05) is 14.2 Å². The Morgan fingerprint density at radius 3 is 1.54 bits per heavy atom. The topological polar surface area (TPSA) is 69.6 Å². The quantitative estimate of drug-likeness (QED) is 0.292. The van der Waals surface area contributed by atoms with E-state index in [9.17, 15) is 0 Å². The number of allylic oxidation sites excluding steroid dienone is 1. The highest BCUT2D eigenvalue weighted by Crippen LogP contribution is 2.07. The van der Waals surface area contributed by atoms with Crippen LogP contribution >= 0.6 is 0 Å². The number of carboxylic acid groups (broad SMARTS) is 1. The first-order valence-electron chi connectivity index (χ1n) is 8.95. The van der Waals surface area contributed by atoms with Crippen LogP contribution in [0.1, 0.15) is 94.4 Å². The average Bonchev–Trinajstić information content (AvgIpc) is 2.61. The van der Waals surface area contributed by atoms with E-state index in [2.05, 4.69) is 32.8 Å². The van der Waals surface area contributed by atoms with Gasteiger partial charge in [-0.2, -0.15) is 0 Å². The van der Waals surface area contributed by atoms with E-state index < -0.39 is 0 Å². The fraction of sp³-hybridized carbons (Fsp3) is 0.850. The van der Waals surface area contributed by atoms with Crippen molar-refractivity contribution < 1.29 is 15.0 Å². The molecule has 1 atom stereocenters. The fourth-order valence-corrected chi connectivity index (χ4v) is 1.42. The summed E-state index contributed by atoms with van der Waals surface area (Å²) in [5, 5.41) is 17.3. The lowest BCUT2D eigenvalue weighted by atomic mass is 10.0. The third-order valence-corrected chi connectivity index (χ3v) is 2.20. The summed E-state index contributed by atoms with van der Waals surface area (Å²) in [5.74, 6) is 0. The Kier molecular flexibility index (Phi) is 145. The molecule has 0 saturated carbocycles. The largest absolute Gasteiger partial charge is 0.483 e. The van der Waals surface area contributed by atoms with Crippen molar-refractivity contribution in [2.24, 2.45) is 0 Å². The molecule has 0 bridgehead atoms. The Hall–Kier alpha value is -0.870. The van der Waals surface area contributed by atoms with Gasteiger partial charge >= 0.3 is 0 Å². The standard InChI is InChI=1S/C10H23N.C3H6.2C2H6.CH2O2.CH4O.CH4/c1-4-6-7-9-10(11-3)8-5-2;1-3-2;2*1-2;2-1-3;1-2;/h10-11H,4-9H2,1-3H3;3H,1H2,2H3;2*1-2H3;1H,(H,2,3);2H,1H3;1H4. The minimum absolute atomic E-state index is 0. The zero-order valence-electron chi connectivity index (χ0n) is 17.5. The number of aliphatic hydroxyl groups is 1. The van der Waals surface area contributed by atoms with Gasteiger partial charge < -0.3 is 15.5 Å². The molecule has 0 heterocycles. The van der Waals surface area contributed by atoms with Gasteiger partial charge in [0.25, 0.3) is 6.47 Å². The van der Waals surface area contributed by atoms with Crippen LogP contribution in [0.5, 0.6) is 0 Å². The van der Waals surface area contributed by atoms with Gasteiger partial charge in [-0.25, -0.2) is 0 Å². The minimum Gasteiger partial charge on any atom is -0.483 e. The number of rotatable bonds is 7. The molecule has 0 aromatic carbocycles. The fourth-order valence-electron chi connectivity index (χ4n) is 1.42. The lowest BCUT2D eigenvalue weighted by Gasteiger charge is -2.14. The molecule has 4 nitrogen and oxygen atoms in total. The van der Waals surface area contributed by atoms with Crippen LogP contribution in [0, 0.1) is 0 Å². The molecule has 0 aliphatic carbocycles. The molecule has 0 aromatic rings. The van der Waals surface area contributed by atoms with Crippen molar-refractivity contribution in [3.05, 3.63) is 12.7 Å².